The number of esters is 1. The Morgan fingerprint density at radius 3 is 2.36 bits per heavy atom. The molecule has 1 heterocycles. The van der Waals surface area contributed by atoms with E-state index in [-0.39, 0.29) is 5.56 Å². The first-order valence-electron chi connectivity index (χ1n) is 10.2. The molecule has 0 saturated carbocycles. The van der Waals surface area contributed by atoms with Crippen LogP contribution in [0, 0.1) is 11.6 Å². The first kappa shape index (κ1) is 21.8. The lowest BCUT2D eigenvalue weighted by atomic mass is 9.93. The van der Waals surface area contributed by atoms with E-state index in [1.54, 1.807) is 11.3 Å². The van der Waals surface area contributed by atoms with Crippen LogP contribution in [-0.2, 0) is 9.53 Å². The molecule has 0 fully saturated rings. The molecule has 0 amide bonds. The highest BCUT2D eigenvalue weighted by molar-refractivity contribution is 9.11. The molecule has 0 saturated heterocycles. The summed E-state index contributed by atoms with van der Waals surface area (Å²) in [6.07, 6.45) is -1.17. The van der Waals surface area contributed by atoms with Gasteiger partial charge in [0, 0.05) is 31.1 Å². The summed E-state index contributed by atoms with van der Waals surface area (Å²) in [5.74, 6) is -3.08. The highest BCUT2D eigenvalue weighted by Crippen LogP contribution is 2.49. The Bertz CT molecular complexity index is 1560. The second-order valence-corrected chi connectivity index (χ2v) is 9.40. The Morgan fingerprint density at radius 2 is 1.64 bits per heavy atom. The zero-order valence-electron chi connectivity index (χ0n) is 17.6. The van der Waals surface area contributed by atoms with Crippen molar-refractivity contribution in [1.82, 2.24) is 0 Å². The van der Waals surface area contributed by atoms with Crippen molar-refractivity contribution in [2.45, 2.75) is 13.0 Å². The molecule has 5 rings (SSSR count). The summed E-state index contributed by atoms with van der Waals surface area (Å²) >= 11 is 5.36. The maximum atomic E-state index is 15.9. The van der Waals surface area contributed by atoms with E-state index < -0.39 is 29.5 Å². The molecule has 0 aliphatic rings. The molecule has 0 radical (unpaired) electrons. The van der Waals surface area contributed by atoms with Gasteiger partial charge in [0.1, 0.15) is 0 Å². The van der Waals surface area contributed by atoms with Crippen molar-refractivity contribution in [3.63, 3.8) is 0 Å². The number of halogens is 3. The third kappa shape index (κ3) is 3.47. The van der Waals surface area contributed by atoms with Crippen LogP contribution in [0.1, 0.15) is 6.92 Å². The highest BCUT2D eigenvalue weighted by atomic mass is 79.9. The number of benzene rings is 4. The molecule has 0 N–H and O–H groups in total. The van der Waals surface area contributed by atoms with Crippen molar-refractivity contribution >= 4 is 64.2 Å². The molecular formula is C26H17BrF2O3S. The van der Waals surface area contributed by atoms with Crippen LogP contribution in [0.2, 0.25) is 0 Å². The summed E-state index contributed by atoms with van der Waals surface area (Å²) in [4.78, 5) is 11.8. The van der Waals surface area contributed by atoms with Gasteiger partial charge in [-0.1, -0.05) is 42.5 Å². The maximum Gasteiger partial charge on any atom is 0.346 e. The molecule has 0 aliphatic heterocycles. The number of carbonyl (C=O) groups excluding carboxylic acids is 1. The van der Waals surface area contributed by atoms with Crippen LogP contribution >= 0.6 is 27.3 Å². The molecule has 0 spiro atoms. The lowest BCUT2D eigenvalue weighted by Gasteiger charge is -2.17. The molecular weight excluding hydrogens is 510 g/mol. The van der Waals surface area contributed by atoms with Crippen LogP contribution in [0.15, 0.2) is 65.1 Å². The van der Waals surface area contributed by atoms with Crippen molar-refractivity contribution in [3.8, 4) is 16.9 Å². The molecule has 1 atom stereocenters. The monoisotopic (exact) mass is 526 g/mol. The van der Waals surface area contributed by atoms with Crippen LogP contribution in [0.25, 0.3) is 42.1 Å². The van der Waals surface area contributed by atoms with E-state index in [1.165, 1.54) is 20.1 Å². The Labute approximate surface area is 200 Å². The molecule has 3 nitrogen and oxygen atoms in total. The van der Waals surface area contributed by atoms with Gasteiger partial charge in [0.25, 0.3) is 0 Å². The van der Waals surface area contributed by atoms with Gasteiger partial charge in [-0.2, -0.15) is 0 Å². The molecule has 0 unspecified atom stereocenters. The highest BCUT2D eigenvalue weighted by Gasteiger charge is 2.26. The van der Waals surface area contributed by atoms with Crippen LogP contribution in [0.5, 0.6) is 5.75 Å². The molecule has 7 heteroatoms. The molecule has 0 aliphatic carbocycles. The van der Waals surface area contributed by atoms with Gasteiger partial charge < -0.3 is 9.47 Å². The van der Waals surface area contributed by atoms with Crippen LogP contribution < -0.4 is 4.74 Å². The standard InChI is InChI=1S/C26H17BrF2O3S/c1-13(26(30)31-2)32-24-18(28)12-11-17(23(24)29)20-14-7-3-4-8-15(14)22(27)25-21(20)16-9-5-6-10-19(16)33-25/h3-13H,1-2H3/t13-/m1/s1. The number of thiophene rings is 1. The lowest BCUT2D eigenvalue weighted by molar-refractivity contribution is -0.148. The molecule has 33 heavy (non-hydrogen) atoms. The number of rotatable bonds is 4. The number of hydrogen-bond acceptors (Lipinski definition) is 4. The van der Waals surface area contributed by atoms with E-state index in [0.717, 1.165) is 41.5 Å². The summed E-state index contributed by atoms with van der Waals surface area (Å²) in [7, 11) is 1.19. The van der Waals surface area contributed by atoms with Gasteiger partial charge >= 0.3 is 5.97 Å². The van der Waals surface area contributed by atoms with Crippen molar-refractivity contribution in [2.24, 2.45) is 0 Å². The summed E-state index contributed by atoms with van der Waals surface area (Å²) in [5.41, 5.74) is 0.843. The summed E-state index contributed by atoms with van der Waals surface area (Å²) in [6, 6.07) is 18.2. The zero-order chi connectivity index (χ0) is 23.3. The van der Waals surface area contributed by atoms with Gasteiger partial charge in [-0.25, -0.2) is 13.6 Å². The molecule has 1 aromatic heterocycles. The Balaban J connectivity index is 1.88. The molecule has 0 bridgehead atoms. The van der Waals surface area contributed by atoms with Gasteiger partial charge in [-0.15, -0.1) is 11.3 Å². The fourth-order valence-corrected chi connectivity index (χ4v) is 6.05. The second kappa shape index (κ2) is 8.39. The largest absolute Gasteiger partial charge is 0.473 e. The van der Waals surface area contributed by atoms with Gasteiger partial charge in [0.15, 0.2) is 23.5 Å². The third-order valence-corrected chi connectivity index (χ3v) is 7.90. The van der Waals surface area contributed by atoms with E-state index in [2.05, 4.69) is 20.7 Å². The van der Waals surface area contributed by atoms with Crippen molar-refractivity contribution in [3.05, 3.63) is 76.8 Å². The summed E-state index contributed by atoms with van der Waals surface area (Å²) in [6.45, 7) is 1.39. The SMILES string of the molecule is COC(=O)[C@@H](C)Oc1c(F)ccc(-c2c3ccccc3c(Br)c3sc4ccccc4c23)c1F. The van der Waals surface area contributed by atoms with Crippen LogP contribution in [0.3, 0.4) is 0 Å². The number of fused-ring (bicyclic) bond motifs is 4. The molecule has 5 aromatic rings. The minimum Gasteiger partial charge on any atom is -0.473 e. The van der Waals surface area contributed by atoms with Gasteiger partial charge in [0.2, 0.25) is 0 Å². The smallest absolute Gasteiger partial charge is 0.346 e. The van der Waals surface area contributed by atoms with E-state index in [9.17, 15) is 9.18 Å². The van der Waals surface area contributed by atoms with E-state index in [0.29, 0.717) is 5.56 Å². The zero-order valence-corrected chi connectivity index (χ0v) is 20.0. The first-order valence-corrected chi connectivity index (χ1v) is 11.8. The van der Waals surface area contributed by atoms with E-state index in [1.807, 2.05) is 48.5 Å². The van der Waals surface area contributed by atoms with Crippen LogP contribution in [-0.4, -0.2) is 19.2 Å². The predicted molar refractivity (Wildman–Crippen MR) is 132 cm³/mol. The Kier molecular flexibility index (Phi) is 5.54. The number of carbonyl (C=O) groups is 1. The van der Waals surface area contributed by atoms with Crippen molar-refractivity contribution in [2.75, 3.05) is 7.11 Å². The fourth-order valence-electron chi connectivity index (χ4n) is 4.10. The number of ether oxygens (including phenoxy) is 2. The summed E-state index contributed by atoms with van der Waals surface area (Å²) < 4.78 is 43.5. The topological polar surface area (TPSA) is 35.5 Å². The second-order valence-electron chi connectivity index (χ2n) is 7.56. The van der Waals surface area contributed by atoms with E-state index in [4.69, 9.17) is 4.74 Å². The van der Waals surface area contributed by atoms with E-state index >= 15 is 4.39 Å². The first-order chi connectivity index (χ1) is 15.9. The summed E-state index contributed by atoms with van der Waals surface area (Å²) in [5, 5.41) is 3.59. The van der Waals surface area contributed by atoms with Crippen molar-refractivity contribution < 1.29 is 23.0 Å². The van der Waals surface area contributed by atoms with Gasteiger partial charge in [-0.05, 0) is 51.8 Å². The molecule has 4 aromatic carbocycles. The lowest BCUT2D eigenvalue weighted by Crippen LogP contribution is -2.25. The third-order valence-electron chi connectivity index (χ3n) is 5.62. The fraction of sp³-hybridized carbons (Fsp3) is 0.115. The quantitative estimate of drug-likeness (QED) is 0.223. The maximum absolute atomic E-state index is 15.9. The number of methoxy groups -OCH3 is 1. The average Bonchev–Trinajstić information content (AvgIpc) is 3.22. The Morgan fingerprint density at radius 1 is 0.970 bits per heavy atom. The average molecular weight is 527 g/mol. The van der Waals surface area contributed by atoms with Gasteiger partial charge in [-0.3, -0.25) is 0 Å². The van der Waals surface area contributed by atoms with Crippen LogP contribution in [0.4, 0.5) is 8.78 Å². The molecule has 166 valence electrons. The minimum atomic E-state index is -1.17. The van der Waals surface area contributed by atoms with Crippen molar-refractivity contribution in [1.29, 1.82) is 0 Å². The Hall–Kier alpha value is -3.03. The normalized spacial score (nSPS) is 12.4. The predicted octanol–water partition coefficient (Wildman–Crippen LogP) is 7.86. The minimum absolute atomic E-state index is 0.195. The number of hydrogen-bond donors (Lipinski definition) is 0. The van der Waals surface area contributed by atoms with Gasteiger partial charge in [0.05, 0.1) is 11.8 Å².